The minimum absolute atomic E-state index is 0.138. The fourth-order valence-electron chi connectivity index (χ4n) is 2.26. The predicted octanol–water partition coefficient (Wildman–Crippen LogP) is 2.46. The van der Waals surface area contributed by atoms with Crippen LogP contribution < -0.4 is 11.0 Å². The Hall–Kier alpha value is -2.06. The molecule has 2 N–H and O–H groups in total. The topological polar surface area (TPSA) is 89.0 Å². The summed E-state index contributed by atoms with van der Waals surface area (Å²) in [4.78, 5) is 23.9. The first-order valence-electron chi connectivity index (χ1n) is 8.18. The van der Waals surface area contributed by atoms with Crippen molar-refractivity contribution in [3.8, 4) is 0 Å². The quantitative estimate of drug-likeness (QED) is 0.527. The number of aromatic amines is 1. The summed E-state index contributed by atoms with van der Waals surface area (Å²) in [5.74, 6) is 0.497. The van der Waals surface area contributed by atoms with Gasteiger partial charge in [-0.15, -0.1) is 5.10 Å². The van der Waals surface area contributed by atoms with E-state index in [1.54, 1.807) is 7.11 Å². The molecule has 0 radical (unpaired) electrons. The zero-order chi connectivity index (χ0) is 18.2. The number of carbonyl (C=O) groups is 1. The Morgan fingerprint density at radius 1 is 1.36 bits per heavy atom. The first kappa shape index (κ1) is 19.3. The van der Waals surface area contributed by atoms with Gasteiger partial charge in [0.25, 0.3) is 0 Å². The normalized spacial score (nSPS) is 11.0. The molecule has 0 saturated carbocycles. The van der Waals surface area contributed by atoms with Gasteiger partial charge in [-0.05, 0) is 30.0 Å². The molecular formula is C17H24N4O3S. The lowest BCUT2D eigenvalue weighted by molar-refractivity contribution is -0.113. The number of nitrogens with one attached hydrogen (secondary N) is 2. The number of nitrogens with zero attached hydrogens (tertiary/aromatic N) is 2. The van der Waals surface area contributed by atoms with E-state index in [4.69, 9.17) is 4.74 Å². The number of amides is 1. The van der Waals surface area contributed by atoms with Gasteiger partial charge in [-0.25, -0.2) is 9.89 Å². The van der Waals surface area contributed by atoms with Crippen LogP contribution in [0.3, 0.4) is 0 Å². The second kappa shape index (κ2) is 9.43. The second-order valence-corrected chi connectivity index (χ2v) is 6.87. The molecule has 0 bridgehead atoms. The number of ether oxygens (including phenoxy) is 1. The van der Waals surface area contributed by atoms with E-state index in [-0.39, 0.29) is 17.3 Å². The van der Waals surface area contributed by atoms with E-state index in [9.17, 15) is 9.59 Å². The highest BCUT2D eigenvalue weighted by Crippen LogP contribution is 2.18. The zero-order valence-corrected chi connectivity index (χ0v) is 15.6. The summed E-state index contributed by atoms with van der Waals surface area (Å²) in [6, 6.07) is 7.81. The number of benzene rings is 1. The molecule has 25 heavy (non-hydrogen) atoms. The molecule has 0 aliphatic carbocycles. The average Bonchev–Trinajstić information content (AvgIpc) is 2.94. The third-order valence-electron chi connectivity index (χ3n) is 3.65. The fourth-order valence-corrected chi connectivity index (χ4v) is 3.03. The number of hydrogen-bond donors (Lipinski definition) is 2. The van der Waals surface area contributed by atoms with E-state index in [1.807, 2.05) is 24.3 Å². The van der Waals surface area contributed by atoms with Crippen molar-refractivity contribution >= 4 is 23.4 Å². The first-order chi connectivity index (χ1) is 12.0. The van der Waals surface area contributed by atoms with Crippen molar-refractivity contribution < 1.29 is 9.53 Å². The summed E-state index contributed by atoms with van der Waals surface area (Å²) in [6.07, 6.45) is 0.706. The van der Waals surface area contributed by atoms with E-state index in [0.717, 1.165) is 5.69 Å². The maximum Gasteiger partial charge on any atom is 0.343 e. The number of aromatic nitrogens is 3. The summed E-state index contributed by atoms with van der Waals surface area (Å²) < 4.78 is 6.51. The molecule has 8 heteroatoms. The van der Waals surface area contributed by atoms with Gasteiger partial charge < -0.3 is 10.1 Å². The molecule has 2 aromatic rings. The van der Waals surface area contributed by atoms with Crippen LogP contribution in [0, 0.1) is 0 Å². The van der Waals surface area contributed by atoms with Crippen molar-refractivity contribution in [3.63, 3.8) is 0 Å². The molecule has 0 aliphatic rings. The van der Waals surface area contributed by atoms with E-state index in [1.165, 1.54) is 21.9 Å². The Labute approximate surface area is 151 Å². The number of anilines is 1. The zero-order valence-electron chi connectivity index (χ0n) is 14.7. The molecule has 2 rings (SSSR count). The smallest absolute Gasteiger partial charge is 0.343 e. The van der Waals surface area contributed by atoms with Crippen LogP contribution in [-0.4, -0.2) is 40.1 Å². The third kappa shape index (κ3) is 5.75. The third-order valence-corrected chi connectivity index (χ3v) is 4.62. The Bertz CT molecular complexity index is 737. The van der Waals surface area contributed by atoms with Crippen molar-refractivity contribution in [3.05, 3.63) is 40.3 Å². The average molecular weight is 364 g/mol. The van der Waals surface area contributed by atoms with Gasteiger partial charge in [0.2, 0.25) is 5.91 Å². The van der Waals surface area contributed by atoms with Crippen molar-refractivity contribution in [2.45, 2.75) is 37.9 Å². The summed E-state index contributed by atoms with van der Waals surface area (Å²) >= 11 is 1.23. The summed E-state index contributed by atoms with van der Waals surface area (Å²) in [7, 11) is 1.62. The van der Waals surface area contributed by atoms with Gasteiger partial charge in [-0.2, -0.15) is 0 Å². The monoisotopic (exact) mass is 364 g/mol. The Morgan fingerprint density at radius 2 is 2.08 bits per heavy atom. The molecule has 0 saturated heterocycles. The molecule has 136 valence electrons. The molecule has 0 fully saturated rings. The van der Waals surface area contributed by atoms with Crippen LogP contribution in [0.2, 0.25) is 0 Å². The van der Waals surface area contributed by atoms with Crippen LogP contribution in [0.15, 0.2) is 34.2 Å². The van der Waals surface area contributed by atoms with Gasteiger partial charge in [-0.3, -0.25) is 9.36 Å². The number of thioether (sulfide) groups is 1. The van der Waals surface area contributed by atoms with Crippen molar-refractivity contribution in [1.29, 1.82) is 0 Å². The van der Waals surface area contributed by atoms with Crippen LogP contribution in [0.1, 0.15) is 31.7 Å². The number of methoxy groups -OCH3 is 1. The van der Waals surface area contributed by atoms with E-state index in [0.29, 0.717) is 30.6 Å². The number of rotatable bonds is 9. The van der Waals surface area contributed by atoms with Crippen LogP contribution in [0.5, 0.6) is 0 Å². The van der Waals surface area contributed by atoms with E-state index < -0.39 is 0 Å². The molecule has 1 aromatic heterocycles. The molecule has 1 amide bonds. The van der Waals surface area contributed by atoms with E-state index >= 15 is 0 Å². The molecule has 0 unspecified atom stereocenters. The Balaban J connectivity index is 1.88. The Morgan fingerprint density at radius 3 is 2.72 bits per heavy atom. The summed E-state index contributed by atoms with van der Waals surface area (Å²) in [6.45, 7) is 5.32. The highest BCUT2D eigenvalue weighted by molar-refractivity contribution is 7.99. The van der Waals surface area contributed by atoms with Crippen LogP contribution in [0.4, 0.5) is 5.69 Å². The minimum Gasteiger partial charge on any atom is -0.385 e. The van der Waals surface area contributed by atoms with Crippen LogP contribution in [-0.2, 0) is 16.1 Å². The first-order valence-corrected chi connectivity index (χ1v) is 9.16. The maximum absolute atomic E-state index is 12.1. The largest absolute Gasteiger partial charge is 0.385 e. The van der Waals surface area contributed by atoms with Crippen molar-refractivity contribution in [1.82, 2.24) is 14.8 Å². The highest BCUT2D eigenvalue weighted by Gasteiger charge is 2.11. The lowest BCUT2D eigenvalue weighted by atomic mass is 10.0. The number of hydrogen-bond acceptors (Lipinski definition) is 5. The van der Waals surface area contributed by atoms with Gasteiger partial charge in [0.15, 0.2) is 5.16 Å². The maximum atomic E-state index is 12.1. The highest BCUT2D eigenvalue weighted by atomic mass is 32.2. The molecule has 0 spiro atoms. The van der Waals surface area contributed by atoms with Crippen LogP contribution in [0.25, 0.3) is 0 Å². The van der Waals surface area contributed by atoms with Gasteiger partial charge in [0.1, 0.15) is 0 Å². The number of carbonyl (C=O) groups excluding carboxylic acids is 1. The van der Waals surface area contributed by atoms with Crippen molar-refractivity contribution in [2.24, 2.45) is 0 Å². The fraction of sp³-hybridized carbons (Fsp3) is 0.471. The molecule has 1 aromatic carbocycles. The van der Waals surface area contributed by atoms with Gasteiger partial charge in [0, 0.05) is 25.9 Å². The predicted molar refractivity (Wildman–Crippen MR) is 99.2 cm³/mol. The molecule has 0 aliphatic heterocycles. The lowest BCUT2D eigenvalue weighted by Crippen LogP contribution is -2.19. The SMILES string of the molecule is COCCCn1c(SCC(=O)Nc2ccc(C(C)C)cc2)n[nH]c1=O. The van der Waals surface area contributed by atoms with Crippen molar-refractivity contribution in [2.75, 3.05) is 24.8 Å². The Kier molecular flexibility index (Phi) is 7.27. The number of H-pyrrole nitrogens is 1. The van der Waals surface area contributed by atoms with Gasteiger partial charge in [-0.1, -0.05) is 37.7 Å². The molecule has 7 nitrogen and oxygen atoms in total. The van der Waals surface area contributed by atoms with Crippen LogP contribution >= 0.6 is 11.8 Å². The standard InChI is InChI=1S/C17H24N4O3S/c1-12(2)13-5-7-14(8-6-13)18-15(22)11-25-17-20-19-16(23)21(17)9-4-10-24-3/h5-8,12H,4,9-11H2,1-3H3,(H,18,22)(H,19,23). The second-order valence-electron chi connectivity index (χ2n) is 5.92. The summed E-state index contributed by atoms with van der Waals surface area (Å²) in [5, 5.41) is 9.75. The van der Waals surface area contributed by atoms with E-state index in [2.05, 4.69) is 29.4 Å². The molecule has 0 atom stereocenters. The summed E-state index contributed by atoms with van der Waals surface area (Å²) in [5.41, 5.74) is 1.71. The molecular weight excluding hydrogens is 340 g/mol. The van der Waals surface area contributed by atoms with Gasteiger partial charge >= 0.3 is 5.69 Å². The van der Waals surface area contributed by atoms with Gasteiger partial charge in [0.05, 0.1) is 5.75 Å². The lowest BCUT2D eigenvalue weighted by Gasteiger charge is -2.08. The minimum atomic E-state index is -0.275. The molecule has 1 heterocycles.